The van der Waals surface area contributed by atoms with E-state index in [4.69, 9.17) is 4.74 Å². The maximum Gasteiger partial charge on any atom is 0.326 e. The molecular weight excluding hydrogens is 412 g/mol. The molecule has 0 radical (unpaired) electrons. The van der Waals surface area contributed by atoms with Crippen LogP contribution in [0.15, 0.2) is 23.0 Å². The number of carbonyl (C=O) groups excluding carboxylic acids is 3. The zero-order valence-corrected chi connectivity index (χ0v) is 18.5. The normalized spacial score (nSPS) is 25.0. The Labute approximate surface area is 178 Å². The number of fused-ring (bicyclic) bond motifs is 4. The number of hydrogen-bond donors (Lipinski definition) is 2. The Hall–Kier alpha value is -2.20. The van der Waals surface area contributed by atoms with Crippen molar-refractivity contribution in [3.05, 3.63) is 28.7 Å². The molecule has 1 unspecified atom stereocenters. The number of carbonyl (C=O) groups is 3. The van der Waals surface area contributed by atoms with E-state index in [2.05, 4.69) is 41.0 Å². The van der Waals surface area contributed by atoms with E-state index in [0.29, 0.717) is 16.5 Å². The molecule has 8 nitrogen and oxygen atoms in total. The van der Waals surface area contributed by atoms with Crippen LogP contribution in [0.1, 0.15) is 44.3 Å². The molecule has 0 spiro atoms. The van der Waals surface area contributed by atoms with Crippen molar-refractivity contribution in [1.82, 2.24) is 15.6 Å². The lowest BCUT2D eigenvalue weighted by Crippen LogP contribution is -2.46. The minimum absolute atomic E-state index is 0.0400. The number of rotatable bonds is 1. The number of thiazole rings is 1. The minimum atomic E-state index is -0.965. The summed E-state index contributed by atoms with van der Waals surface area (Å²) in [5, 5.41) is 8.57. The van der Waals surface area contributed by atoms with Crippen LogP contribution in [0.5, 0.6) is 0 Å². The van der Waals surface area contributed by atoms with Crippen LogP contribution in [0.2, 0.25) is 0 Å². The molecule has 0 saturated carbocycles. The first kappa shape index (κ1) is 23.1. The largest absolute Gasteiger partial charge is 0.456 e. The quantitative estimate of drug-likeness (QED) is 0.513. The smallest absolute Gasteiger partial charge is 0.326 e. The SMILES string of the molecule is C=CC1CC(=O)NCc2nc(cs2)C2=N[C@@](C)(CS2)C(=O)NCC(=O)O1.CCC. The Kier molecular flexibility index (Phi) is 8.39. The molecule has 1 aromatic heterocycles. The number of aromatic nitrogens is 1. The predicted molar refractivity (Wildman–Crippen MR) is 115 cm³/mol. The van der Waals surface area contributed by atoms with Crippen molar-refractivity contribution in [2.24, 2.45) is 4.99 Å². The highest BCUT2D eigenvalue weighted by Crippen LogP contribution is 2.31. The van der Waals surface area contributed by atoms with Gasteiger partial charge >= 0.3 is 5.97 Å². The van der Waals surface area contributed by atoms with E-state index in [1.165, 1.54) is 35.6 Å². The molecule has 0 aliphatic carbocycles. The standard InChI is InChI=1S/C16H18N4O4S2.C3H8/c1-3-9-4-11(21)17-5-12-19-10(7-25-12)14-20-16(2,8-26-14)15(23)18-6-13(22)24-9;1-3-2/h3,7,9H,1,4-6,8H2,2H3,(H,17,21)(H,18,23);3H2,1-2H3/t9?,16-;/m0./s1. The first-order chi connectivity index (χ1) is 13.8. The molecule has 2 amide bonds. The van der Waals surface area contributed by atoms with Gasteiger partial charge in [0.1, 0.15) is 33.9 Å². The van der Waals surface area contributed by atoms with Gasteiger partial charge in [-0.25, -0.2) is 4.98 Å². The summed E-state index contributed by atoms with van der Waals surface area (Å²) in [6.45, 7) is 9.52. The highest BCUT2D eigenvalue weighted by Gasteiger charge is 2.39. The van der Waals surface area contributed by atoms with Crippen LogP contribution < -0.4 is 10.6 Å². The number of esters is 1. The van der Waals surface area contributed by atoms with E-state index < -0.39 is 17.6 Å². The summed E-state index contributed by atoms with van der Waals surface area (Å²) >= 11 is 2.85. The molecule has 2 atom stereocenters. The molecule has 4 bridgehead atoms. The predicted octanol–water partition coefficient (Wildman–Crippen LogP) is 2.05. The van der Waals surface area contributed by atoms with Gasteiger partial charge in [-0.3, -0.25) is 19.4 Å². The van der Waals surface area contributed by atoms with E-state index >= 15 is 0 Å². The molecule has 2 N–H and O–H groups in total. The molecule has 3 heterocycles. The molecular formula is C19H26N4O4S2. The van der Waals surface area contributed by atoms with E-state index in [-0.39, 0.29) is 31.3 Å². The van der Waals surface area contributed by atoms with Crippen molar-refractivity contribution in [3.8, 4) is 0 Å². The molecule has 0 saturated heterocycles. The molecule has 0 fully saturated rings. The summed E-state index contributed by atoms with van der Waals surface area (Å²) in [6.07, 6.45) is 1.83. The van der Waals surface area contributed by atoms with E-state index in [1.807, 2.05) is 5.38 Å². The van der Waals surface area contributed by atoms with Crippen LogP contribution in [0.3, 0.4) is 0 Å². The van der Waals surface area contributed by atoms with E-state index in [1.54, 1.807) is 6.92 Å². The lowest BCUT2D eigenvalue weighted by molar-refractivity contribution is -0.148. The number of thioether (sulfide) groups is 1. The average molecular weight is 439 g/mol. The third kappa shape index (κ3) is 6.40. The Balaban J connectivity index is 0.000000941. The summed E-state index contributed by atoms with van der Waals surface area (Å²) in [5.74, 6) is -0.810. The number of ether oxygens (including phenoxy) is 1. The Morgan fingerprint density at radius 2 is 2.03 bits per heavy atom. The fourth-order valence-electron chi connectivity index (χ4n) is 2.39. The van der Waals surface area contributed by atoms with Gasteiger partial charge in [-0.05, 0) is 6.92 Å². The second-order valence-electron chi connectivity index (χ2n) is 6.74. The van der Waals surface area contributed by atoms with Gasteiger partial charge in [0.05, 0.1) is 13.0 Å². The van der Waals surface area contributed by atoms with Crippen LogP contribution in [-0.2, 0) is 25.7 Å². The van der Waals surface area contributed by atoms with Crippen LogP contribution >= 0.6 is 23.1 Å². The van der Waals surface area contributed by atoms with E-state index in [9.17, 15) is 14.4 Å². The third-order valence-corrected chi connectivity index (χ3v) is 5.99. The molecule has 1 aromatic rings. The van der Waals surface area contributed by atoms with Crippen molar-refractivity contribution in [2.45, 2.75) is 51.8 Å². The number of amides is 2. The van der Waals surface area contributed by atoms with Gasteiger partial charge in [-0.1, -0.05) is 32.9 Å². The maximum atomic E-state index is 12.5. The third-order valence-electron chi connectivity index (χ3n) is 3.86. The number of hydrogen-bond acceptors (Lipinski definition) is 8. The minimum Gasteiger partial charge on any atom is -0.456 e. The monoisotopic (exact) mass is 438 g/mol. The van der Waals surface area contributed by atoms with Gasteiger partial charge in [-0.2, -0.15) is 0 Å². The van der Waals surface area contributed by atoms with Crippen molar-refractivity contribution in [3.63, 3.8) is 0 Å². The zero-order valence-electron chi connectivity index (χ0n) is 16.8. The van der Waals surface area contributed by atoms with Crippen molar-refractivity contribution in [1.29, 1.82) is 0 Å². The van der Waals surface area contributed by atoms with Gasteiger partial charge < -0.3 is 15.4 Å². The van der Waals surface area contributed by atoms with Crippen LogP contribution in [0, 0.1) is 0 Å². The highest BCUT2D eigenvalue weighted by atomic mass is 32.2. The van der Waals surface area contributed by atoms with E-state index in [0.717, 1.165) is 5.01 Å². The average Bonchev–Trinajstić information content (AvgIpc) is 3.31. The fraction of sp³-hybridized carbons (Fsp3) is 0.526. The molecule has 10 heteroatoms. The second kappa shape index (κ2) is 10.5. The topological polar surface area (TPSA) is 110 Å². The summed E-state index contributed by atoms with van der Waals surface area (Å²) < 4.78 is 5.17. The summed E-state index contributed by atoms with van der Waals surface area (Å²) in [6, 6.07) is 0. The number of nitrogens with zero attached hydrogens (tertiary/aromatic N) is 2. The maximum absolute atomic E-state index is 12.5. The fourth-order valence-corrected chi connectivity index (χ4v) is 4.32. The summed E-state index contributed by atoms with van der Waals surface area (Å²) in [5.41, 5.74) is -0.274. The van der Waals surface area contributed by atoms with Gasteiger partial charge in [0.2, 0.25) is 11.8 Å². The first-order valence-corrected chi connectivity index (χ1v) is 11.2. The molecule has 2 aliphatic heterocycles. The second-order valence-corrected chi connectivity index (χ2v) is 8.65. The lowest BCUT2D eigenvalue weighted by atomic mass is 10.1. The van der Waals surface area contributed by atoms with Crippen molar-refractivity contribution in [2.75, 3.05) is 12.3 Å². The van der Waals surface area contributed by atoms with Crippen molar-refractivity contribution >= 4 is 45.9 Å². The lowest BCUT2D eigenvalue weighted by Gasteiger charge is -2.19. The van der Waals surface area contributed by atoms with Crippen LogP contribution in [-0.4, -0.2) is 51.8 Å². The summed E-state index contributed by atoms with van der Waals surface area (Å²) in [7, 11) is 0. The Morgan fingerprint density at radius 1 is 1.31 bits per heavy atom. The van der Waals surface area contributed by atoms with Gasteiger partial charge in [-0.15, -0.1) is 23.1 Å². The molecule has 29 heavy (non-hydrogen) atoms. The summed E-state index contributed by atoms with van der Waals surface area (Å²) in [4.78, 5) is 45.4. The number of cyclic esters (lactones) is 1. The number of aliphatic imine (C=N–C) groups is 1. The molecule has 158 valence electrons. The van der Waals surface area contributed by atoms with Gasteiger partial charge in [0.25, 0.3) is 0 Å². The van der Waals surface area contributed by atoms with Crippen LogP contribution in [0.4, 0.5) is 0 Å². The highest BCUT2D eigenvalue weighted by molar-refractivity contribution is 8.14. The Morgan fingerprint density at radius 3 is 2.72 bits per heavy atom. The van der Waals surface area contributed by atoms with Crippen LogP contribution in [0.25, 0.3) is 0 Å². The Bertz CT molecular complexity index is 808. The van der Waals surface area contributed by atoms with Gasteiger partial charge in [0, 0.05) is 11.1 Å². The number of nitrogens with one attached hydrogen (secondary N) is 2. The zero-order chi connectivity index (χ0) is 21.4. The first-order valence-electron chi connectivity index (χ1n) is 9.35. The van der Waals surface area contributed by atoms with Gasteiger partial charge in [0.15, 0.2) is 0 Å². The molecule has 0 aromatic carbocycles. The molecule has 3 rings (SSSR count). The molecule has 2 aliphatic rings. The van der Waals surface area contributed by atoms with Crippen molar-refractivity contribution < 1.29 is 19.1 Å².